The van der Waals surface area contributed by atoms with Crippen molar-refractivity contribution in [2.24, 2.45) is 0 Å². The van der Waals surface area contributed by atoms with Crippen LogP contribution in [0.3, 0.4) is 0 Å². The van der Waals surface area contributed by atoms with Crippen LogP contribution < -0.4 is 16.6 Å². The Bertz CT molecular complexity index is 944. The quantitative estimate of drug-likeness (QED) is 0.912. The van der Waals surface area contributed by atoms with E-state index in [0.717, 1.165) is 23.0 Å². The van der Waals surface area contributed by atoms with E-state index in [2.05, 4.69) is 5.32 Å². The van der Waals surface area contributed by atoms with Crippen molar-refractivity contribution < 1.29 is 4.79 Å². The molecule has 1 amide bonds. The summed E-state index contributed by atoms with van der Waals surface area (Å²) in [6, 6.07) is 8.97. The molecule has 1 aliphatic carbocycles. The monoisotopic (exact) mass is 324 g/mol. The van der Waals surface area contributed by atoms with Crippen molar-refractivity contribution in [2.45, 2.75) is 32.4 Å². The topological polar surface area (TPSA) is 96.9 Å². The highest BCUT2D eigenvalue weighted by Gasteiger charge is 2.27. The fraction of sp³-hybridized carbons (Fsp3) is 0.294. The summed E-state index contributed by atoms with van der Waals surface area (Å²) in [4.78, 5) is 36.8. The number of aromatic nitrogens is 2. The molecule has 1 aromatic carbocycles. The highest BCUT2D eigenvalue weighted by molar-refractivity contribution is 5.90. The number of nitriles is 1. The first-order valence-electron chi connectivity index (χ1n) is 7.62. The molecule has 1 aromatic heterocycles. The van der Waals surface area contributed by atoms with Gasteiger partial charge in [0.1, 0.15) is 18.2 Å². The Morgan fingerprint density at radius 1 is 1.29 bits per heavy atom. The highest BCUT2D eigenvalue weighted by Crippen LogP contribution is 2.33. The maximum atomic E-state index is 12.4. The zero-order valence-electron chi connectivity index (χ0n) is 13.2. The lowest BCUT2D eigenvalue weighted by molar-refractivity contribution is -0.116. The maximum absolute atomic E-state index is 12.4. The third kappa shape index (κ3) is 3.13. The second kappa shape index (κ2) is 6.16. The summed E-state index contributed by atoms with van der Waals surface area (Å²) < 4.78 is 2.19. The number of hydrogen-bond acceptors (Lipinski definition) is 4. The molecule has 0 bridgehead atoms. The molecule has 1 fully saturated rings. The van der Waals surface area contributed by atoms with Gasteiger partial charge in [0, 0.05) is 17.9 Å². The molecule has 122 valence electrons. The Kier molecular flexibility index (Phi) is 4.04. The minimum absolute atomic E-state index is 0.0107. The molecule has 1 heterocycles. The van der Waals surface area contributed by atoms with Gasteiger partial charge >= 0.3 is 5.69 Å². The van der Waals surface area contributed by atoms with Crippen LogP contribution in [0, 0.1) is 18.3 Å². The number of rotatable bonds is 4. The van der Waals surface area contributed by atoms with Crippen molar-refractivity contribution in [3.8, 4) is 6.07 Å². The molecular weight excluding hydrogens is 308 g/mol. The third-order valence-corrected chi connectivity index (χ3v) is 3.89. The fourth-order valence-electron chi connectivity index (χ4n) is 2.43. The van der Waals surface area contributed by atoms with E-state index in [9.17, 15) is 14.4 Å². The Morgan fingerprint density at radius 3 is 2.54 bits per heavy atom. The van der Waals surface area contributed by atoms with E-state index in [-0.39, 0.29) is 11.6 Å². The summed E-state index contributed by atoms with van der Waals surface area (Å²) in [5.41, 5.74) is 0.208. The Balaban J connectivity index is 1.89. The van der Waals surface area contributed by atoms with Crippen molar-refractivity contribution >= 4 is 11.6 Å². The van der Waals surface area contributed by atoms with Crippen molar-refractivity contribution in [1.29, 1.82) is 5.26 Å². The van der Waals surface area contributed by atoms with Crippen molar-refractivity contribution in [2.75, 3.05) is 5.32 Å². The maximum Gasteiger partial charge on any atom is 0.331 e. The average Bonchev–Trinajstić information content (AvgIpc) is 3.39. The number of carbonyl (C=O) groups excluding carboxylic acids is 1. The van der Waals surface area contributed by atoms with Gasteiger partial charge < -0.3 is 5.32 Å². The van der Waals surface area contributed by atoms with Crippen LogP contribution in [-0.2, 0) is 11.3 Å². The molecule has 0 radical (unpaired) electrons. The van der Waals surface area contributed by atoms with Gasteiger partial charge in [-0.05, 0) is 31.9 Å². The summed E-state index contributed by atoms with van der Waals surface area (Å²) in [7, 11) is 0. The Labute approximate surface area is 137 Å². The Morgan fingerprint density at radius 2 is 1.96 bits per heavy atom. The minimum atomic E-state index is -0.738. The van der Waals surface area contributed by atoms with Gasteiger partial charge in [-0.2, -0.15) is 5.26 Å². The molecule has 0 aliphatic heterocycles. The van der Waals surface area contributed by atoms with Crippen LogP contribution in [0.1, 0.15) is 30.0 Å². The lowest BCUT2D eigenvalue weighted by atomic mass is 10.2. The predicted molar refractivity (Wildman–Crippen MR) is 87.8 cm³/mol. The van der Waals surface area contributed by atoms with E-state index in [1.165, 1.54) is 10.8 Å². The molecule has 3 rings (SSSR count). The number of nitrogens with one attached hydrogen (secondary N) is 1. The molecule has 1 N–H and O–H groups in total. The number of aryl methyl sites for hydroxylation is 1. The fourth-order valence-corrected chi connectivity index (χ4v) is 2.43. The molecule has 7 heteroatoms. The molecule has 1 saturated carbocycles. The van der Waals surface area contributed by atoms with Gasteiger partial charge in [0.15, 0.2) is 0 Å². The Hall–Kier alpha value is -3.14. The van der Waals surface area contributed by atoms with E-state index in [0.29, 0.717) is 5.69 Å². The molecule has 24 heavy (non-hydrogen) atoms. The van der Waals surface area contributed by atoms with E-state index in [4.69, 9.17) is 5.26 Å². The molecular formula is C17H16N4O3. The molecule has 1 aliphatic rings. The van der Waals surface area contributed by atoms with Crippen LogP contribution in [0.5, 0.6) is 0 Å². The lowest BCUT2D eigenvalue weighted by Gasteiger charge is -2.10. The number of amides is 1. The zero-order valence-corrected chi connectivity index (χ0v) is 13.2. The SMILES string of the molecule is Cc1ccc(NC(=O)Cn2c(=O)c(C#N)cn(C3CC3)c2=O)cc1. The number of nitrogens with zero attached hydrogens (tertiary/aromatic N) is 3. The standard InChI is InChI=1S/C17H16N4O3/c1-11-2-4-13(5-3-11)19-15(22)10-21-16(23)12(8-18)9-20(17(21)24)14-6-7-14/h2-5,9,14H,6-7,10H2,1H3,(H,19,22). The van der Waals surface area contributed by atoms with Gasteiger partial charge in [-0.3, -0.25) is 14.2 Å². The zero-order chi connectivity index (χ0) is 17.3. The molecule has 0 saturated heterocycles. The van der Waals surface area contributed by atoms with Crippen LogP contribution in [0.15, 0.2) is 40.1 Å². The summed E-state index contributed by atoms with van der Waals surface area (Å²) in [6.45, 7) is 1.51. The summed E-state index contributed by atoms with van der Waals surface area (Å²) in [6.07, 6.45) is 2.95. The minimum Gasteiger partial charge on any atom is -0.325 e. The van der Waals surface area contributed by atoms with E-state index in [1.807, 2.05) is 19.1 Å². The smallest absolute Gasteiger partial charge is 0.325 e. The predicted octanol–water partition coefficient (Wildman–Crippen LogP) is 1.16. The summed E-state index contributed by atoms with van der Waals surface area (Å²) in [5.74, 6) is -0.490. The number of anilines is 1. The van der Waals surface area contributed by atoms with Crippen LogP contribution in [0.25, 0.3) is 0 Å². The first-order chi connectivity index (χ1) is 11.5. The van der Waals surface area contributed by atoms with Crippen LogP contribution in [-0.4, -0.2) is 15.0 Å². The van der Waals surface area contributed by atoms with E-state index >= 15 is 0 Å². The van der Waals surface area contributed by atoms with Gasteiger partial charge in [0.2, 0.25) is 5.91 Å². The normalized spacial score (nSPS) is 13.3. The van der Waals surface area contributed by atoms with Gasteiger partial charge in [-0.25, -0.2) is 9.36 Å². The molecule has 0 spiro atoms. The van der Waals surface area contributed by atoms with Gasteiger partial charge in [-0.15, -0.1) is 0 Å². The van der Waals surface area contributed by atoms with Crippen LogP contribution in [0.4, 0.5) is 5.69 Å². The number of hydrogen-bond donors (Lipinski definition) is 1. The van der Waals surface area contributed by atoms with E-state index in [1.54, 1.807) is 18.2 Å². The molecule has 7 nitrogen and oxygen atoms in total. The second-order valence-corrected chi connectivity index (χ2v) is 5.88. The van der Waals surface area contributed by atoms with Crippen molar-refractivity contribution in [3.63, 3.8) is 0 Å². The van der Waals surface area contributed by atoms with Crippen molar-refractivity contribution in [3.05, 3.63) is 62.4 Å². The van der Waals surface area contributed by atoms with Crippen molar-refractivity contribution in [1.82, 2.24) is 9.13 Å². The summed E-state index contributed by atoms with van der Waals surface area (Å²) >= 11 is 0. The first kappa shape index (κ1) is 15.7. The number of benzene rings is 1. The second-order valence-electron chi connectivity index (χ2n) is 5.88. The molecule has 0 unspecified atom stereocenters. The highest BCUT2D eigenvalue weighted by atomic mass is 16.2. The third-order valence-electron chi connectivity index (χ3n) is 3.89. The lowest BCUT2D eigenvalue weighted by Crippen LogP contribution is -2.43. The first-order valence-corrected chi connectivity index (χ1v) is 7.62. The van der Waals surface area contributed by atoms with Gasteiger partial charge in [0.05, 0.1) is 0 Å². The van der Waals surface area contributed by atoms with Gasteiger partial charge in [0.25, 0.3) is 5.56 Å². The van der Waals surface area contributed by atoms with Crippen LogP contribution >= 0.6 is 0 Å². The number of carbonyl (C=O) groups is 1. The average molecular weight is 324 g/mol. The molecule has 0 atom stereocenters. The summed E-state index contributed by atoms with van der Waals surface area (Å²) in [5, 5.41) is 11.7. The van der Waals surface area contributed by atoms with Crippen LogP contribution in [0.2, 0.25) is 0 Å². The molecule has 2 aromatic rings. The van der Waals surface area contributed by atoms with Gasteiger partial charge in [-0.1, -0.05) is 17.7 Å². The van der Waals surface area contributed by atoms with E-state index < -0.39 is 23.7 Å². The largest absolute Gasteiger partial charge is 0.331 e.